The van der Waals surface area contributed by atoms with Crippen LogP contribution in [0, 0.1) is 5.92 Å². The second kappa shape index (κ2) is 3.95. The molecule has 0 spiro atoms. The van der Waals surface area contributed by atoms with Crippen LogP contribution in [0.2, 0.25) is 0 Å². The van der Waals surface area contributed by atoms with Gasteiger partial charge in [0.15, 0.2) is 5.78 Å². The average molecular weight is 295 g/mol. The lowest BCUT2D eigenvalue weighted by atomic mass is 9.79. The van der Waals surface area contributed by atoms with Crippen LogP contribution >= 0.6 is 15.9 Å². The highest BCUT2D eigenvalue weighted by molar-refractivity contribution is 9.10. The van der Waals surface area contributed by atoms with E-state index >= 15 is 0 Å². The maximum absolute atomic E-state index is 12.3. The molecule has 0 radical (unpaired) electrons. The quantitative estimate of drug-likeness (QED) is 0.739. The molecule has 1 aliphatic carbocycles. The number of benzene rings is 1. The maximum Gasteiger partial charge on any atom is 0.173 e. The van der Waals surface area contributed by atoms with Crippen LogP contribution < -0.4 is 4.74 Å². The number of Topliss-reactive ketones (excluding diaryl/α,β-unsaturated/α-hetero) is 2. The van der Waals surface area contributed by atoms with Gasteiger partial charge < -0.3 is 4.74 Å². The fourth-order valence-electron chi connectivity index (χ4n) is 2.56. The predicted molar refractivity (Wildman–Crippen MR) is 65.2 cm³/mol. The van der Waals surface area contributed by atoms with Crippen LogP contribution in [0.15, 0.2) is 22.7 Å². The summed E-state index contributed by atoms with van der Waals surface area (Å²) >= 11 is 3.35. The molecule has 0 saturated heterocycles. The van der Waals surface area contributed by atoms with Gasteiger partial charge in [0.25, 0.3) is 0 Å². The van der Waals surface area contributed by atoms with Crippen molar-refractivity contribution >= 4 is 27.5 Å². The second-order valence-corrected chi connectivity index (χ2v) is 5.46. The highest BCUT2D eigenvalue weighted by atomic mass is 79.9. The molecule has 1 aromatic carbocycles. The first-order chi connectivity index (χ1) is 8.15. The lowest BCUT2D eigenvalue weighted by Crippen LogP contribution is -2.42. The Bertz CT molecular complexity index is 509. The number of halogens is 1. The summed E-state index contributed by atoms with van der Waals surface area (Å²) in [5, 5.41) is 0. The van der Waals surface area contributed by atoms with E-state index in [1.807, 2.05) is 6.07 Å². The van der Waals surface area contributed by atoms with Gasteiger partial charge in [0, 0.05) is 17.3 Å². The van der Waals surface area contributed by atoms with E-state index < -0.39 is 0 Å². The number of ether oxygens (including phenoxy) is 1. The van der Waals surface area contributed by atoms with Crippen molar-refractivity contribution in [3.05, 3.63) is 28.2 Å². The first-order valence-electron chi connectivity index (χ1n) is 5.67. The van der Waals surface area contributed by atoms with Crippen molar-refractivity contribution in [1.82, 2.24) is 0 Å². The van der Waals surface area contributed by atoms with Crippen LogP contribution in [0.4, 0.5) is 0 Å². The lowest BCUT2D eigenvalue weighted by Gasteiger charge is -2.35. The van der Waals surface area contributed by atoms with Gasteiger partial charge in [-0.1, -0.05) is 15.9 Å². The molecule has 1 aromatic rings. The lowest BCUT2D eigenvalue weighted by molar-refractivity contribution is -0.123. The number of carbonyl (C=O) groups excluding carboxylic acids is 2. The highest BCUT2D eigenvalue weighted by Gasteiger charge is 2.40. The van der Waals surface area contributed by atoms with E-state index in [4.69, 9.17) is 4.74 Å². The minimum absolute atomic E-state index is 0.116. The fourth-order valence-corrected chi connectivity index (χ4v) is 2.92. The average Bonchev–Trinajstić information content (AvgIpc) is 2.30. The topological polar surface area (TPSA) is 43.4 Å². The van der Waals surface area contributed by atoms with Crippen molar-refractivity contribution in [3.8, 4) is 5.75 Å². The molecular formula is C13H11BrO3. The Morgan fingerprint density at radius 2 is 2.12 bits per heavy atom. The summed E-state index contributed by atoms with van der Waals surface area (Å²) in [5.41, 5.74) is 0.634. The molecule has 0 aromatic heterocycles. The van der Waals surface area contributed by atoms with Crippen LogP contribution in [0.1, 0.15) is 29.6 Å². The van der Waals surface area contributed by atoms with Gasteiger partial charge in [-0.2, -0.15) is 0 Å². The molecule has 2 aliphatic rings. The van der Waals surface area contributed by atoms with E-state index in [1.165, 1.54) is 0 Å². The Morgan fingerprint density at radius 3 is 2.94 bits per heavy atom. The number of hydrogen-bond donors (Lipinski definition) is 0. The molecule has 3 rings (SSSR count). The molecule has 2 atom stereocenters. The molecule has 2 unspecified atom stereocenters. The predicted octanol–water partition coefficient (Wildman–Crippen LogP) is 2.76. The van der Waals surface area contributed by atoms with Crippen molar-refractivity contribution in [2.24, 2.45) is 5.92 Å². The molecule has 0 amide bonds. The summed E-state index contributed by atoms with van der Waals surface area (Å²) in [6.07, 6.45) is 1.23. The highest BCUT2D eigenvalue weighted by Crippen LogP contribution is 2.38. The van der Waals surface area contributed by atoms with Crippen molar-refractivity contribution in [1.29, 1.82) is 0 Å². The Labute approximate surface area is 107 Å². The van der Waals surface area contributed by atoms with Gasteiger partial charge in [0.1, 0.15) is 17.6 Å². The van der Waals surface area contributed by atoms with E-state index in [0.29, 0.717) is 30.6 Å². The number of rotatable bonds is 0. The Kier molecular flexibility index (Phi) is 2.54. The molecule has 0 bridgehead atoms. The fraction of sp³-hybridized carbons (Fsp3) is 0.385. The van der Waals surface area contributed by atoms with Crippen LogP contribution in [-0.4, -0.2) is 17.7 Å². The zero-order valence-corrected chi connectivity index (χ0v) is 10.7. The van der Waals surface area contributed by atoms with Gasteiger partial charge in [-0.15, -0.1) is 0 Å². The van der Waals surface area contributed by atoms with Gasteiger partial charge in [-0.25, -0.2) is 0 Å². The van der Waals surface area contributed by atoms with Crippen LogP contribution in [0.3, 0.4) is 0 Å². The summed E-state index contributed by atoms with van der Waals surface area (Å²) in [4.78, 5) is 23.7. The van der Waals surface area contributed by atoms with Gasteiger partial charge in [0.05, 0.1) is 11.5 Å². The SMILES string of the molecule is O=C1CCC2C(=O)c3cc(Br)ccc3OC2C1. The monoisotopic (exact) mass is 294 g/mol. The van der Waals surface area contributed by atoms with E-state index in [0.717, 1.165) is 4.47 Å². The van der Waals surface area contributed by atoms with Crippen molar-refractivity contribution in [2.75, 3.05) is 0 Å². The van der Waals surface area contributed by atoms with Crippen LogP contribution in [-0.2, 0) is 4.79 Å². The molecule has 3 nitrogen and oxygen atoms in total. The minimum atomic E-state index is -0.252. The zero-order chi connectivity index (χ0) is 12.0. The molecule has 1 aliphatic heterocycles. The first kappa shape index (κ1) is 11.0. The molecule has 4 heteroatoms. The number of hydrogen-bond acceptors (Lipinski definition) is 3. The van der Waals surface area contributed by atoms with Crippen molar-refractivity contribution < 1.29 is 14.3 Å². The van der Waals surface area contributed by atoms with Gasteiger partial charge in [0.2, 0.25) is 0 Å². The normalized spacial score (nSPS) is 27.1. The molecule has 1 fully saturated rings. The molecule has 1 saturated carbocycles. The summed E-state index contributed by atoms with van der Waals surface area (Å²) < 4.78 is 6.64. The Hall–Kier alpha value is -1.16. The zero-order valence-electron chi connectivity index (χ0n) is 9.11. The second-order valence-electron chi connectivity index (χ2n) is 4.55. The third kappa shape index (κ3) is 1.80. The van der Waals surface area contributed by atoms with Gasteiger partial charge >= 0.3 is 0 Å². The van der Waals surface area contributed by atoms with Crippen molar-refractivity contribution in [2.45, 2.75) is 25.4 Å². The molecule has 17 heavy (non-hydrogen) atoms. The first-order valence-corrected chi connectivity index (χ1v) is 6.46. The summed E-state index contributed by atoms with van der Waals surface area (Å²) in [6, 6.07) is 5.42. The smallest absolute Gasteiger partial charge is 0.173 e. The maximum atomic E-state index is 12.3. The summed E-state index contributed by atoms with van der Waals surface area (Å²) in [7, 11) is 0. The van der Waals surface area contributed by atoms with Gasteiger partial charge in [-0.3, -0.25) is 9.59 Å². The molecule has 88 valence electrons. The molecular weight excluding hydrogens is 284 g/mol. The standard InChI is InChI=1S/C13H11BrO3/c14-7-1-4-11-10(5-7)13(16)9-3-2-8(15)6-12(9)17-11/h1,4-5,9,12H,2-3,6H2. The summed E-state index contributed by atoms with van der Waals surface area (Å²) in [5.74, 6) is 0.772. The van der Waals surface area contributed by atoms with Crippen molar-refractivity contribution in [3.63, 3.8) is 0 Å². The minimum Gasteiger partial charge on any atom is -0.488 e. The van der Waals surface area contributed by atoms with Gasteiger partial charge in [-0.05, 0) is 24.6 Å². The molecule has 0 N–H and O–H groups in total. The van der Waals surface area contributed by atoms with Crippen LogP contribution in [0.5, 0.6) is 5.75 Å². The number of fused-ring (bicyclic) bond motifs is 2. The summed E-state index contributed by atoms with van der Waals surface area (Å²) in [6.45, 7) is 0. The Morgan fingerprint density at radius 1 is 1.29 bits per heavy atom. The molecule has 1 heterocycles. The Balaban J connectivity index is 2.02. The van der Waals surface area contributed by atoms with Crippen LogP contribution in [0.25, 0.3) is 0 Å². The van der Waals surface area contributed by atoms with E-state index in [-0.39, 0.29) is 23.6 Å². The largest absolute Gasteiger partial charge is 0.488 e. The third-order valence-electron chi connectivity index (χ3n) is 3.43. The number of ketones is 2. The van der Waals surface area contributed by atoms with E-state index in [2.05, 4.69) is 15.9 Å². The number of carbonyl (C=O) groups is 2. The van der Waals surface area contributed by atoms with E-state index in [9.17, 15) is 9.59 Å². The van der Waals surface area contributed by atoms with E-state index in [1.54, 1.807) is 12.1 Å². The third-order valence-corrected chi connectivity index (χ3v) is 3.93.